The first kappa shape index (κ1) is 35.1. The standard InChI is InChI=1S/C41H38N6O6/c42-47-44-26-34-10-5-4-9-33(34)24-41(40(49)46-43-25-28-11-20-36-37(23-28)52-27-51-36)38(31-14-12-30(13-15-31)29-7-2-1-3-8-29)53-39(45-41)32-16-18-35(19-17-32)50-22-6-21-48/h1-5,7-20,23,38,43,48H,6,21-22,24-27H2,(H,46,49)/t38-,41-/m0/s1. The van der Waals surface area contributed by atoms with Gasteiger partial charge in [0.15, 0.2) is 23.1 Å². The number of nitrogens with zero attached hydrogens (tertiary/aromatic N) is 4. The largest absolute Gasteiger partial charge is 0.494 e. The van der Waals surface area contributed by atoms with E-state index in [1.54, 1.807) is 0 Å². The zero-order valence-electron chi connectivity index (χ0n) is 28.9. The minimum absolute atomic E-state index is 0.0398. The van der Waals surface area contributed by atoms with E-state index >= 15 is 0 Å². The molecule has 0 saturated heterocycles. The maximum atomic E-state index is 14.8. The molecule has 0 fully saturated rings. The second kappa shape index (κ2) is 16.3. The van der Waals surface area contributed by atoms with Gasteiger partial charge in [0, 0.05) is 36.5 Å². The zero-order valence-corrected chi connectivity index (χ0v) is 28.9. The molecule has 1 amide bonds. The average Bonchev–Trinajstić information content (AvgIpc) is 3.84. The number of amides is 1. The van der Waals surface area contributed by atoms with E-state index in [1.165, 1.54) is 0 Å². The van der Waals surface area contributed by atoms with Crippen LogP contribution in [0.4, 0.5) is 0 Å². The molecule has 2 aliphatic heterocycles. The lowest BCUT2D eigenvalue weighted by molar-refractivity contribution is -0.130. The zero-order chi connectivity index (χ0) is 36.5. The predicted molar refractivity (Wildman–Crippen MR) is 199 cm³/mol. The smallest absolute Gasteiger partial charge is 0.266 e. The molecule has 3 N–H and O–H groups in total. The van der Waals surface area contributed by atoms with Crippen LogP contribution >= 0.6 is 0 Å². The first-order valence-corrected chi connectivity index (χ1v) is 17.3. The molecule has 0 aromatic heterocycles. The third kappa shape index (κ3) is 7.95. The summed E-state index contributed by atoms with van der Waals surface area (Å²) in [6.07, 6.45) is -0.190. The number of rotatable bonds is 15. The summed E-state index contributed by atoms with van der Waals surface area (Å²) >= 11 is 0. The highest BCUT2D eigenvalue weighted by Crippen LogP contribution is 2.43. The Labute approximate surface area is 306 Å². The van der Waals surface area contributed by atoms with E-state index in [1.807, 2.05) is 121 Å². The minimum Gasteiger partial charge on any atom is -0.494 e. The number of carbonyl (C=O) groups is 1. The number of aliphatic hydroxyl groups excluding tert-OH is 1. The van der Waals surface area contributed by atoms with Crippen molar-refractivity contribution in [3.63, 3.8) is 0 Å². The van der Waals surface area contributed by atoms with Gasteiger partial charge in [-0.2, -0.15) is 0 Å². The molecule has 2 atom stereocenters. The van der Waals surface area contributed by atoms with Crippen molar-refractivity contribution >= 4 is 11.8 Å². The number of aliphatic imine (C=N–C) groups is 1. The van der Waals surface area contributed by atoms with E-state index in [2.05, 4.69) is 20.9 Å². The summed E-state index contributed by atoms with van der Waals surface area (Å²) in [7, 11) is 0. The number of hydrogen-bond acceptors (Lipinski definition) is 9. The van der Waals surface area contributed by atoms with Gasteiger partial charge in [-0.1, -0.05) is 90.0 Å². The van der Waals surface area contributed by atoms with Gasteiger partial charge >= 0.3 is 0 Å². The Morgan fingerprint density at radius 3 is 2.38 bits per heavy atom. The van der Waals surface area contributed by atoms with Crippen LogP contribution in [0.3, 0.4) is 0 Å². The molecule has 0 bridgehead atoms. The van der Waals surface area contributed by atoms with Gasteiger partial charge in [-0.05, 0) is 75.3 Å². The summed E-state index contributed by atoms with van der Waals surface area (Å²) < 4.78 is 23.5. The molecule has 0 spiro atoms. The molecule has 7 rings (SSSR count). The third-order valence-corrected chi connectivity index (χ3v) is 9.16. The highest BCUT2D eigenvalue weighted by molar-refractivity contribution is 6.01. The Balaban J connectivity index is 1.27. The number of carbonyl (C=O) groups excluding carboxylic acids is 1. The van der Waals surface area contributed by atoms with E-state index in [9.17, 15) is 4.79 Å². The Hall–Kier alpha value is -6.33. The van der Waals surface area contributed by atoms with Gasteiger partial charge in [0.25, 0.3) is 5.91 Å². The number of ether oxygens (including phenoxy) is 4. The first-order valence-electron chi connectivity index (χ1n) is 17.3. The van der Waals surface area contributed by atoms with Gasteiger partial charge < -0.3 is 24.1 Å². The number of azide groups is 1. The quantitative estimate of drug-likeness (QED) is 0.0348. The fourth-order valence-electron chi connectivity index (χ4n) is 6.43. The number of hydrazine groups is 1. The molecule has 2 heterocycles. The molecule has 268 valence electrons. The summed E-state index contributed by atoms with van der Waals surface area (Å²) in [4.78, 5) is 22.9. The third-order valence-electron chi connectivity index (χ3n) is 9.16. The maximum absolute atomic E-state index is 14.8. The van der Waals surface area contributed by atoms with Crippen molar-refractivity contribution in [2.75, 3.05) is 20.0 Å². The molecule has 12 nitrogen and oxygen atoms in total. The van der Waals surface area contributed by atoms with E-state index in [0.29, 0.717) is 48.3 Å². The topological polar surface area (TPSA) is 159 Å². The highest BCUT2D eigenvalue weighted by Gasteiger charge is 2.53. The molecule has 5 aromatic carbocycles. The fourth-order valence-corrected chi connectivity index (χ4v) is 6.43. The SMILES string of the molecule is [N-]=[N+]=NCc1ccccc1C[C@]1(C(=O)NNCc2ccc3c(c2)OCO3)N=C(c2ccc(OCCCO)cc2)O[C@H]1c1ccc(-c2ccccc2)cc1. The lowest BCUT2D eigenvalue weighted by Crippen LogP contribution is -2.53. The van der Waals surface area contributed by atoms with Crippen molar-refractivity contribution in [1.82, 2.24) is 10.9 Å². The van der Waals surface area contributed by atoms with Gasteiger partial charge in [0.05, 0.1) is 13.2 Å². The number of hydrogen-bond donors (Lipinski definition) is 3. The van der Waals surface area contributed by atoms with Gasteiger partial charge in [0.1, 0.15) is 5.75 Å². The number of fused-ring (bicyclic) bond motifs is 1. The van der Waals surface area contributed by atoms with Crippen molar-refractivity contribution in [3.05, 3.63) is 160 Å². The van der Waals surface area contributed by atoms with Crippen molar-refractivity contribution in [1.29, 1.82) is 0 Å². The van der Waals surface area contributed by atoms with Crippen LogP contribution in [-0.2, 0) is 29.0 Å². The summed E-state index contributed by atoms with van der Waals surface area (Å²) in [6, 6.07) is 38.5. The molecule has 12 heteroatoms. The van der Waals surface area contributed by atoms with E-state index < -0.39 is 17.6 Å². The lowest BCUT2D eigenvalue weighted by Gasteiger charge is -2.31. The van der Waals surface area contributed by atoms with E-state index in [4.69, 9.17) is 34.6 Å². The molecule has 0 unspecified atom stereocenters. The van der Waals surface area contributed by atoms with Gasteiger partial charge in [0.2, 0.25) is 12.7 Å². The summed E-state index contributed by atoms with van der Waals surface area (Å²) in [6.45, 7) is 1.00. The van der Waals surface area contributed by atoms with Crippen molar-refractivity contribution < 1.29 is 28.8 Å². The first-order chi connectivity index (χ1) is 26.1. The summed E-state index contributed by atoms with van der Waals surface area (Å²) in [5.74, 6) is 1.84. The molecule has 2 aliphatic rings. The molecule has 5 aromatic rings. The van der Waals surface area contributed by atoms with Crippen LogP contribution in [0.1, 0.15) is 40.3 Å². The van der Waals surface area contributed by atoms with E-state index in [0.717, 1.165) is 33.4 Å². The Kier molecular flexibility index (Phi) is 10.8. The van der Waals surface area contributed by atoms with Crippen molar-refractivity contribution in [2.45, 2.75) is 37.6 Å². The average molecular weight is 711 g/mol. The predicted octanol–water partition coefficient (Wildman–Crippen LogP) is 6.97. The van der Waals surface area contributed by atoms with Crippen LogP contribution < -0.4 is 25.1 Å². The monoisotopic (exact) mass is 710 g/mol. The fraction of sp³-hybridized carbons (Fsp3) is 0.220. The number of nitrogens with one attached hydrogen (secondary N) is 2. The Morgan fingerprint density at radius 1 is 0.887 bits per heavy atom. The lowest BCUT2D eigenvalue weighted by atomic mass is 9.80. The number of aliphatic hydroxyl groups is 1. The molecular formula is C41H38N6O6. The van der Waals surface area contributed by atoms with Gasteiger partial charge in [-0.25, -0.2) is 10.4 Å². The maximum Gasteiger partial charge on any atom is 0.266 e. The normalized spacial score (nSPS) is 17.0. The second-order valence-corrected chi connectivity index (χ2v) is 12.6. The van der Waals surface area contributed by atoms with Crippen LogP contribution in [0.15, 0.2) is 131 Å². The van der Waals surface area contributed by atoms with Crippen LogP contribution in [-0.4, -0.2) is 42.5 Å². The highest BCUT2D eigenvalue weighted by atomic mass is 16.7. The van der Waals surface area contributed by atoms with Crippen LogP contribution in [0.25, 0.3) is 21.6 Å². The van der Waals surface area contributed by atoms with E-state index in [-0.39, 0.29) is 26.4 Å². The van der Waals surface area contributed by atoms with Crippen LogP contribution in [0, 0.1) is 0 Å². The molecule has 0 radical (unpaired) electrons. The Bertz CT molecular complexity index is 2120. The van der Waals surface area contributed by atoms with Gasteiger partial charge in [-0.15, -0.1) is 0 Å². The number of benzene rings is 5. The summed E-state index contributed by atoms with van der Waals surface area (Å²) in [5, 5.41) is 13.0. The molecule has 53 heavy (non-hydrogen) atoms. The van der Waals surface area contributed by atoms with Crippen molar-refractivity contribution in [3.8, 4) is 28.4 Å². The van der Waals surface area contributed by atoms with Gasteiger partial charge in [-0.3, -0.25) is 10.2 Å². The van der Waals surface area contributed by atoms with Crippen LogP contribution in [0.2, 0.25) is 0 Å². The molecule has 0 saturated carbocycles. The van der Waals surface area contributed by atoms with Crippen LogP contribution in [0.5, 0.6) is 17.2 Å². The summed E-state index contributed by atoms with van der Waals surface area (Å²) in [5.41, 5.74) is 19.6. The van der Waals surface area contributed by atoms with Crippen molar-refractivity contribution in [2.24, 2.45) is 10.1 Å². The Morgan fingerprint density at radius 2 is 1.60 bits per heavy atom. The second-order valence-electron chi connectivity index (χ2n) is 12.6. The molecular weight excluding hydrogens is 672 g/mol. The molecule has 0 aliphatic carbocycles. The minimum atomic E-state index is -1.51.